The van der Waals surface area contributed by atoms with E-state index in [4.69, 9.17) is 10.5 Å². The summed E-state index contributed by atoms with van der Waals surface area (Å²) in [5.41, 5.74) is 7.24. The first-order valence-electron chi connectivity index (χ1n) is 4.87. The first-order valence-corrected chi connectivity index (χ1v) is 4.87. The number of methoxy groups -OCH3 is 1. The molecule has 0 spiro atoms. The third-order valence-corrected chi connectivity index (χ3v) is 2.19. The quantitative estimate of drug-likeness (QED) is 0.768. The molecule has 3 N–H and O–H groups in total. The fraction of sp³-hybridized carbons (Fsp3) is 0.400. The van der Waals surface area contributed by atoms with Crippen molar-refractivity contribution in [2.24, 2.45) is 5.73 Å². The molecule has 0 unspecified atom stereocenters. The van der Waals surface area contributed by atoms with Gasteiger partial charge in [0.25, 0.3) is 0 Å². The summed E-state index contributed by atoms with van der Waals surface area (Å²) in [6.07, 6.45) is 2.54. The van der Waals surface area contributed by atoms with Gasteiger partial charge in [-0.05, 0) is 12.6 Å². The third-order valence-electron chi connectivity index (χ3n) is 2.19. The first kappa shape index (κ1) is 10.1. The summed E-state index contributed by atoms with van der Waals surface area (Å²) < 4.78 is 5.10. The van der Waals surface area contributed by atoms with E-state index in [1.165, 1.54) is 0 Å². The van der Waals surface area contributed by atoms with Crippen LogP contribution in [-0.2, 0) is 17.8 Å². The second-order valence-electron chi connectivity index (χ2n) is 3.30. The molecule has 2 aromatic heterocycles. The van der Waals surface area contributed by atoms with Gasteiger partial charge in [-0.2, -0.15) is 0 Å². The average molecular weight is 206 g/mol. The normalized spacial score (nSPS) is 11.1. The van der Waals surface area contributed by atoms with Gasteiger partial charge in [-0.15, -0.1) is 0 Å². The Balaban J connectivity index is 2.48. The van der Waals surface area contributed by atoms with E-state index >= 15 is 0 Å². The number of ether oxygens (including phenoxy) is 1. The summed E-state index contributed by atoms with van der Waals surface area (Å²) in [7, 11) is 1.66. The van der Waals surface area contributed by atoms with Crippen molar-refractivity contribution in [1.82, 2.24) is 15.0 Å². The van der Waals surface area contributed by atoms with E-state index in [2.05, 4.69) is 15.0 Å². The molecule has 0 fully saturated rings. The Hall–Kier alpha value is -1.46. The zero-order valence-electron chi connectivity index (χ0n) is 8.66. The zero-order chi connectivity index (χ0) is 10.7. The van der Waals surface area contributed by atoms with Gasteiger partial charge in [-0.1, -0.05) is 0 Å². The topological polar surface area (TPSA) is 76.8 Å². The lowest BCUT2D eigenvalue weighted by molar-refractivity contribution is 0.182. The van der Waals surface area contributed by atoms with Crippen molar-refractivity contribution >= 4 is 11.0 Å². The number of rotatable bonds is 4. The van der Waals surface area contributed by atoms with Gasteiger partial charge in [0.05, 0.1) is 12.3 Å². The number of nitrogens with zero attached hydrogens (tertiary/aromatic N) is 2. The molecule has 0 aliphatic heterocycles. The number of aromatic amines is 1. The molecule has 0 radical (unpaired) electrons. The fourth-order valence-corrected chi connectivity index (χ4v) is 1.54. The van der Waals surface area contributed by atoms with Gasteiger partial charge in [0.2, 0.25) is 0 Å². The van der Waals surface area contributed by atoms with Crippen LogP contribution in [0.4, 0.5) is 0 Å². The highest BCUT2D eigenvalue weighted by Crippen LogP contribution is 2.15. The smallest absolute Gasteiger partial charge is 0.141 e. The molecular weight excluding hydrogens is 192 g/mol. The molecule has 0 aliphatic rings. The second kappa shape index (κ2) is 4.37. The number of fused-ring (bicyclic) bond motifs is 1. The summed E-state index contributed by atoms with van der Waals surface area (Å²) >= 11 is 0. The van der Waals surface area contributed by atoms with Crippen LogP contribution in [0, 0.1) is 0 Å². The molecule has 0 aromatic carbocycles. The molecule has 0 saturated carbocycles. The summed E-state index contributed by atoms with van der Waals surface area (Å²) in [6, 6.07) is 1.95. The lowest BCUT2D eigenvalue weighted by Gasteiger charge is -2.04. The molecule has 0 amide bonds. The zero-order valence-corrected chi connectivity index (χ0v) is 8.66. The molecule has 0 saturated heterocycles. The monoisotopic (exact) mass is 206 g/mol. The number of aromatic nitrogens is 3. The van der Waals surface area contributed by atoms with E-state index in [-0.39, 0.29) is 0 Å². The molecule has 5 heteroatoms. The summed E-state index contributed by atoms with van der Waals surface area (Å²) in [5, 5.41) is 1.01. The number of nitrogens with two attached hydrogens (primary N) is 1. The van der Waals surface area contributed by atoms with Gasteiger partial charge in [0.1, 0.15) is 11.5 Å². The largest absolute Gasteiger partial charge is 0.378 e. The fourth-order valence-electron chi connectivity index (χ4n) is 1.54. The Bertz CT molecular complexity index is 452. The maximum absolute atomic E-state index is 5.48. The van der Waals surface area contributed by atoms with E-state index in [1.54, 1.807) is 7.11 Å². The number of hydrogen-bond donors (Lipinski definition) is 2. The molecule has 15 heavy (non-hydrogen) atoms. The van der Waals surface area contributed by atoms with E-state index in [1.807, 2.05) is 12.3 Å². The van der Waals surface area contributed by atoms with Crippen molar-refractivity contribution in [3.05, 3.63) is 23.8 Å². The standard InChI is InChI=1S/C10H14N4O/c1-15-6-8-7-3-5-12-10(7)14-9(13-8)2-4-11/h3,5H,2,4,6,11H2,1H3,(H,12,13,14). The summed E-state index contributed by atoms with van der Waals surface area (Å²) in [4.78, 5) is 11.9. The molecule has 2 rings (SSSR count). The first-order chi connectivity index (χ1) is 7.35. The molecule has 2 aromatic rings. The van der Waals surface area contributed by atoms with Crippen molar-refractivity contribution in [2.45, 2.75) is 13.0 Å². The lowest BCUT2D eigenvalue weighted by Crippen LogP contribution is -2.08. The van der Waals surface area contributed by atoms with E-state index in [0.29, 0.717) is 19.6 Å². The third kappa shape index (κ3) is 1.98. The van der Waals surface area contributed by atoms with Gasteiger partial charge in [0, 0.05) is 25.1 Å². The molecule has 0 aliphatic carbocycles. The van der Waals surface area contributed by atoms with Gasteiger partial charge >= 0.3 is 0 Å². The molecule has 80 valence electrons. The van der Waals surface area contributed by atoms with Crippen LogP contribution < -0.4 is 5.73 Å². The van der Waals surface area contributed by atoms with Crippen LogP contribution in [0.25, 0.3) is 11.0 Å². The Morgan fingerprint density at radius 2 is 2.33 bits per heavy atom. The van der Waals surface area contributed by atoms with Crippen LogP contribution in [0.2, 0.25) is 0 Å². The maximum Gasteiger partial charge on any atom is 0.141 e. The number of nitrogens with one attached hydrogen (secondary N) is 1. The highest BCUT2D eigenvalue weighted by atomic mass is 16.5. The molecule has 2 heterocycles. The van der Waals surface area contributed by atoms with Gasteiger partial charge in [-0.25, -0.2) is 9.97 Å². The van der Waals surface area contributed by atoms with Crippen molar-refractivity contribution in [3.8, 4) is 0 Å². The van der Waals surface area contributed by atoms with Crippen molar-refractivity contribution in [1.29, 1.82) is 0 Å². The minimum atomic E-state index is 0.494. The molecule has 0 bridgehead atoms. The SMILES string of the molecule is COCc1nc(CCN)nc2[nH]ccc12. The van der Waals surface area contributed by atoms with Gasteiger partial charge < -0.3 is 15.5 Å². The lowest BCUT2D eigenvalue weighted by atomic mass is 10.2. The predicted molar refractivity (Wildman–Crippen MR) is 57.4 cm³/mol. The maximum atomic E-state index is 5.48. The van der Waals surface area contributed by atoms with Crippen molar-refractivity contribution < 1.29 is 4.74 Å². The van der Waals surface area contributed by atoms with Crippen molar-refractivity contribution in [3.63, 3.8) is 0 Å². The van der Waals surface area contributed by atoms with E-state index in [9.17, 15) is 0 Å². The Morgan fingerprint density at radius 3 is 3.07 bits per heavy atom. The Labute approximate surface area is 87.7 Å². The van der Waals surface area contributed by atoms with Crippen LogP contribution >= 0.6 is 0 Å². The van der Waals surface area contributed by atoms with E-state index < -0.39 is 0 Å². The predicted octanol–water partition coefficient (Wildman–Crippen LogP) is 0.606. The van der Waals surface area contributed by atoms with Crippen molar-refractivity contribution in [2.75, 3.05) is 13.7 Å². The van der Waals surface area contributed by atoms with Crippen LogP contribution in [0.5, 0.6) is 0 Å². The second-order valence-corrected chi connectivity index (χ2v) is 3.30. The highest BCUT2D eigenvalue weighted by Gasteiger charge is 2.07. The minimum Gasteiger partial charge on any atom is -0.378 e. The Kier molecular flexibility index (Phi) is 2.94. The van der Waals surface area contributed by atoms with Crippen LogP contribution in [0.1, 0.15) is 11.5 Å². The molecule has 0 atom stereocenters. The minimum absolute atomic E-state index is 0.494. The summed E-state index contributed by atoms with van der Waals surface area (Å²) in [5.74, 6) is 0.763. The average Bonchev–Trinajstić information content (AvgIpc) is 2.67. The highest BCUT2D eigenvalue weighted by molar-refractivity contribution is 5.77. The summed E-state index contributed by atoms with van der Waals surface area (Å²) in [6.45, 7) is 1.05. The van der Waals surface area contributed by atoms with Crippen LogP contribution in [-0.4, -0.2) is 28.6 Å². The van der Waals surface area contributed by atoms with Crippen LogP contribution in [0.15, 0.2) is 12.3 Å². The van der Waals surface area contributed by atoms with Crippen LogP contribution in [0.3, 0.4) is 0 Å². The van der Waals surface area contributed by atoms with Gasteiger partial charge in [0.15, 0.2) is 0 Å². The number of hydrogen-bond acceptors (Lipinski definition) is 4. The number of H-pyrrole nitrogens is 1. The molecular formula is C10H14N4O. The Morgan fingerprint density at radius 1 is 1.47 bits per heavy atom. The molecule has 5 nitrogen and oxygen atoms in total. The van der Waals surface area contributed by atoms with Gasteiger partial charge in [-0.3, -0.25) is 0 Å². The van der Waals surface area contributed by atoms with E-state index in [0.717, 1.165) is 22.6 Å².